The largest absolute Gasteiger partial charge is 0.444 e. The van der Waals surface area contributed by atoms with Crippen molar-refractivity contribution in [3.8, 4) is 0 Å². The molecule has 4 amide bonds. The number of aryl methyl sites for hydroxylation is 3. The molecule has 3 unspecified atom stereocenters. The lowest BCUT2D eigenvalue weighted by Crippen LogP contribution is -2.55. The van der Waals surface area contributed by atoms with Crippen LogP contribution in [0.5, 0.6) is 0 Å². The number of hydrogen-bond acceptors (Lipinski definition) is 5. The van der Waals surface area contributed by atoms with Gasteiger partial charge in [-0.25, -0.2) is 4.79 Å². The summed E-state index contributed by atoms with van der Waals surface area (Å²) < 4.78 is 5.45. The summed E-state index contributed by atoms with van der Waals surface area (Å²) in [4.78, 5) is 55.3. The molecule has 0 aliphatic rings. The molecule has 2 aromatic rings. The fourth-order valence-corrected chi connectivity index (χ4v) is 5.21. The zero-order valence-electron chi connectivity index (χ0n) is 27.5. The Kier molecular flexibility index (Phi) is 13.3. The standard InChI is InChI=1S/C34H49ClN4O5/c1-20(2)13-16-24(6)39(32(42)27(17-18-28(36)40)37-33(43)44-34(7,8)9)30(25-19-21(3)14-15-22(25)4)31(41)38-29-23(5)11-10-12-26(29)35/h10-12,14-15,19-20,24,27,30H,13,16-18H2,1-9H3,(H2,36,40)(H,37,43)(H,38,41). The third kappa shape index (κ3) is 10.8. The zero-order chi connectivity index (χ0) is 33.4. The van der Waals surface area contributed by atoms with Crippen molar-refractivity contribution >= 4 is 41.1 Å². The van der Waals surface area contributed by atoms with Crippen LogP contribution in [0.3, 0.4) is 0 Å². The van der Waals surface area contributed by atoms with E-state index in [1.54, 1.807) is 32.9 Å². The van der Waals surface area contributed by atoms with Crippen LogP contribution in [0.25, 0.3) is 0 Å². The van der Waals surface area contributed by atoms with Crippen LogP contribution >= 0.6 is 11.6 Å². The fourth-order valence-electron chi connectivity index (χ4n) is 4.94. The maximum absolute atomic E-state index is 14.6. The highest BCUT2D eigenvalue weighted by Gasteiger charge is 2.40. The number of nitrogens with two attached hydrogens (primary N) is 1. The molecule has 44 heavy (non-hydrogen) atoms. The number of carbonyl (C=O) groups excluding carboxylic acids is 4. The van der Waals surface area contributed by atoms with Crippen molar-refractivity contribution in [1.29, 1.82) is 0 Å². The lowest BCUT2D eigenvalue weighted by atomic mass is 9.93. The highest BCUT2D eigenvalue weighted by Crippen LogP contribution is 2.33. The third-order valence-corrected chi connectivity index (χ3v) is 7.60. The predicted octanol–water partition coefficient (Wildman–Crippen LogP) is 6.76. The number of para-hydroxylation sites is 1. The van der Waals surface area contributed by atoms with Crippen LogP contribution in [0, 0.1) is 26.7 Å². The molecule has 0 saturated carbocycles. The first-order valence-electron chi connectivity index (χ1n) is 15.1. The van der Waals surface area contributed by atoms with Gasteiger partial charge >= 0.3 is 6.09 Å². The van der Waals surface area contributed by atoms with Crippen LogP contribution in [-0.2, 0) is 19.1 Å². The number of primary amides is 1. The van der Waals surface area contributed by atoms with Crippen molar-refractivity contribution in [3.05, 3.63) is 63.7 Å². The van der Waals surface area contributed by atoms with E-state index in [1.165, 1.54) is 4.90 Å². The van der Waals surface area contributed by atoms with Gasteiger partial charge < -0.3 is 26.0 Å². The van der Waals surface area contributed by atoms with Crippen LogP contribution in [0.2, 0.25) is 5.02 Å². The monoisotopic (exact) mass is 628 g/mol. The third-order valence-electron chi connectivity index (χ3n) is 7.29. The van der Waals surface area contributed by atoms with Crippen LogP contribution in [0.1, 0.15) is 95.5 Å². The Morgan fingerprint density at radius 1 is 0.955 bits per heavy atom. The number of anilines is 1. The van der Waals surface area contributed by atoms with Crippen LogP contribution in [0.15, 0.2) is 36.4 Å². The first kappa shape index (κ1) is 36.6. The Labute approximate surface area is 267 Å². The zero-order valence-corrected chi connectivity index (χ0v) is 28.3. The van der Waals surface area contributed by atoms with Crippen LogP contribution in [-0.4, -0.2) is 46.4 Å². The van der Waals surface area contributed by atoms with Crippen molar-refractivity contribution < 1.29 is 23.9 Å². The Hall–Kier alpha value is -3.59. The molecule has 0 aliphatic heterocycles. The maximum atomic E-state index is 14.6. The van der Waals surface area contributed by atoms with Gasteiger partial charge in [-0.2, -0.15) is 0 Å². The molecule has 242 valence electrons. The molecule has 2 aromatic carbocycles. The van der Waals surface area contributed by atoms with Crippen molar-refractivity contribution in [2.75, 3.05) is 5.32 Å². The topological polar surface area (TPSA) is 131 Å². The summed E-state index contributed by atoms with van der Waals surface area (Å²) in [5.41, 5.74) is 8.22. The van der Waals surface area contributed by atoms with Gasteiger partial charge in [0, 0.05) is 12.5 Å². The molecule has 10 heteroatoms. The van der Waals surface area contributed by atoms with E-state index in [0.717, 1.165) is 23.1 Å². The van der Waals surface area contributed by atoms with E-state index in [2.05, 4.69) is 24.5 Å². The van der Waals surface area contributed by atoms with E-state index in [9.17, 15) is 19.2 Å². The molecule has 0 aliphatic carbocycles. The molecule has 0 radical (unpaired) electrons. The van der Waals surface area contributed by atoms with E-state index in [1.807, 2.05) is 52.0 Å². The second-order valence-electron chi connectivity index (χ2n) is 13.0. The van der Waals surface area contributed by atoms with Crippen molar-refractivity contribution in [3.63, 3.8) is 0 Å². The van der Waals surface area contributed by atoms with Crippen molar-refractivity contribution in [1.82, 2.24) is 10.2 Å². The van der Waals surface area contributed by atoms with Gasteiger partial charge in [0.15, 0.2) is 0 Å². The quantitative estimate of drug-likeness (QED) is 0.226. The fraction of sp³-hybridized carbons (Fsp3) is 0.529. The number of ether oxygens (including phenoxy) is 1. The molecule has 0 saturated heterocycles. The molecule has 0 heterocycles. The SMILES string of the molecule is Cc1ccc(C)c(C(C(=O)Nc2c(C)cccc2Cl)N(C(=O)C(CCC(N)=O)NC(=O)OC(C)(C)C)C(C)CCC(C)C)c1. The lowest BCUT2D eigenvalue weighted by molar-refractivity contribution is -0.143. The van der Waals surface area contributed by atoms with Crippen molar-refractivity contribution in [2.24, 2.45) is 11.7 Å². The molecular formula is C34H49ClN4O5. The highest BCUT2D eigenvalue weighted by atomic mass is 35.5. The number of amides is 4. The molecule has 0 aromatic heterocycles. The normalized spacial score (nSPS) is 13.5. The Bertz CT molecular complexity index is 1320. The number of nitrogens with one attached hydrogen (secondary N) is 2. The Morgan fingerprint density at radius 2 is 1.61 bits per heavy atom. The predicted molar refractivity (Wildman–Crippen MR) is 175 cm³/mol. The second kappa shape index (κ2) is 15.9. The van der Waals surface area contributed by atoms with E-state index < -0.39 is 47.5 Å². The van der Waals surface area contributed by atoms with Gasteiger partial charge in [-0.05, 0) is 96.4 Å². The van der Waals surface area contributed by atoms with E-state index in [-0.39, 0.29) is 12.8 Å². The van der Waals surface area contributed by atoms with Gasteiger partial charge in [-0.3, -0.25) is 14.4 Å². The van der Waals surface area contributed by atoms with Gasteiger partial charge in [0.25, 0.3) is 5.91 Å². The van der Waals surface area contributed by atoms with Gasteiger partial charge in [0.2, 0.25) is 11.8 Å². The van der Waals surface area contributed by atoms with Gasteiger partial charge in [0.1, 0.15) is 17.7 Å². The maximum Gasteiger partial charge on any atom is 0.408 e. The van der Waals surface area contributed by atoms with Gasteiger partial charge in [-0.15, -0.1) is 0 Å². The van der Waals surface area contributed by atoms with E-state index in [0.29, 0.717) is 28.6 Å². The van der Waals surface area contributed by atoms with Gasteiger partial charge in [0.05, 0.1) is 10.7 Å². The first-order chi connectivity index (χ1) is 20.4. The average Bonchev–Trinajstić information content (AvgIpc) is 2.90. The van der Waals surface area contributed by atoms with Crippen molar-refractivity contribution in [2.45, 2.75) is 112 Å². The molecule has 0 fully saturated rings. The molecular weight excluding hydrogens is 580 g/mol. The summed E-state index contributed by atoms with van der Waals surface area (Å²) in [7, 11) is 0. The number of halogens is 1. The summed E-state index contributed by atoms with van der Waals surface area (Å²) in [5.74, 6) is -1.25. The molecule has 4 N–H and O–H groups in total. The average molecular weight is 629 g/mol. The second-order valence-corrected chi connectivity index (χ2v) is 13.4. The smallest absolute Gasteiger partial charge is 0.408 e. The summed E-state index contributed by atoms with van der Waals surface area (Å²) in [5, 5.41) is 6.01. The van der Waals surface area contributed by atoms with Crippen LogP contribution < -0.4 is 16.4 Å². The van der Waals surface area contributed by atoms with E-state index in [4.69, 9.17) is 22.1 Å². The minimum atomic E-state index is -1.18. The Morgan fingerprint density at radius 3 is 2.18 bits per heavy atom. The number of nitrogens with zero attached hydrogens (tertiary/aromatic N) is 1. The van der Waals surface area contributed by atoms with Crippen LogP contribution in [0.4, 0.5) is 10.5 Å². The number of carbonyl (C=O) groups is 4. The number of hydrogen-bond donors (Lipinski definition) is 3. The highest BCUT2D eigenvalue weighted by molar-refractivity contribution is 6.34. The van der Waals surface area contributed by atoms with Gasteiger partial charge in [-0.1, -0.05) is 61.3 Å². The summed E-state index contributed by atoms with van der Waals surface area (Å²) in [6.45, 7) is 16.9. The minimum absolute atomic E-state index is 0.0639. The lowest BCUT2D eigenvalue weighted by Gasteiger charge is -2.39. The number of alkyl carbamates (subject to hydrolysis) is 1. The Balaban J connectivity index is 2.74. The summed E-state index contributed by atoms with van der Waals surface area (Å²) >= 11 is 6.50. The number of rotatable bonds is 13. The minimum Gasteiger partial charge on any atom is -0.444 e. The summed E-state index contributed by atoms with van der Waals surface area (Å²) in [6.07, 6.45) is 0.360. The molecule has 9 nitrogen and oxygen atoms in total. The summed E-state index contributed by atoms with van der Waals surface area (Å²) in [6, 6.07) is 8.39. The molecule has 0 spiro atoms. The molecule has 0 bridgehead atoms. The number of benzene rings is 2. The molecule has 3 atom stereocenters. The first-order valence-corrected chi connectivity index (χ1v) is 15.5. The van der Waals surface area contributed by atoms with E-state index >= 15 is 0 Å². The molecule has 2 rings (SSSR count).